The van der Waals surface area contributed by atoms with E-state index in [1.165, 1.54) is 66.3 Å². The lowest BCUT2D eigenvalue weighted by atomic mass is 9.88. The first-order valence-electron chi connectivity index (χ1n) is 19.2. The van der Waals surface area contributed by atoms with Gasteiger partial charge < -0.3 is 9.47 Å². The van der Waals surface area contributed by atoms with E-state index in [2.05, 4.69) is 240 Å². The van der Waals surface area contributed by atoms with E-state index in [1.54, 1.807) is 0 Å². The van der Waals surface area contributed by atoms with E-state index in [9.17, 15) is 0 Å². The molecule has 0 N–H and O–H groups in total. The van der Waals surface area contributed by atoms with Gasteiger partial charge >= 0.3 is 0 Å². The molecule has 10 rings (SSSR count). The van der Waals surface area contributed by atoms with Gasteiger partial charge in [0.05, 0.1) is 16.7 Å². The molecular formula is C54H38N2. The first-order chi connectivity index (χ1) is 27.8. The Hall–Kier alpha value is -7.42. The molecule has 0 radical (unpaired) electrons. The van der Waals surface area contributed by atoms with Crippen LogP contribution in [-0.2, 0) is 0 Å². The van der Waals surface area contributed by atoms with Crippen molar-refractivity contribution in [2.45, 2.75) is 0 Å². The molecule has 264 valence electrons. The third kappa shape index (κ3) is 5.95. The monoisotopic (exact) mass is 714 g/mol. The van der Waals surface area contributed by atoms with Crippen molar-refractivity contribution in [3.63, 3.8) is 0 Å². The second-order valence-electron chi connectivity index (χ2n) is 14.1. The molecule has 0 spiro atoms. The van der Waals surface area contributed by atoms with Crippen molar-refractivity contribution in [3.05, 3.63) is 231 Å². The minimum atomic E-state index is 1.09. The summed E-state index contributed by atoms with van der Waals surface area (Å²) in [6, 6.07) is 82.9. The number of fused-ring (bicyclic) bond motifs is 3. The minimum Gasteiger partial charge on any atom is -0.310 e. The van der Waals surface area contributed by atoms with E-state index < -0.39 is 0 Å². The van der Waals surface area contributed by atoms with E-state index in [0.717, 1.165) is 22.7 Å². The fourth-order valence-corrected chi connectivity index (χ4v) is 8.25. The van der Waals surface area contributed by atoms with Gasteiger partial charge in [-0.05, 0) is 93.5 Å². The Bertz CT molecular complexity index is 2890. The van der Waals surface area contributed by atoms with Gasteiger partial charge in [-0.15, -0.1) is 0 Å². The van der Waals surface area contributed by atoms with Crippen LogP contribution >= 0.6 is 0 Å². The standard InChI is InChI=1S/C54H38N2/c1-3-17-41(18-4-1)45-21-7-8-22-46(45)47-23-9-10-24-48(47)49-25-11-14-28-52(49)55(42-19-5-2-6-20-42)43-35-31-39(32-36-43)40-33-37-44(38-34-40)56-53-29-15-12-26-50(53)51-27-13-16-30-54(51)56/h1-38H. The summed E-state index contributed by atoms with van der Waals surface area (Å²) in [6.07, 6.45) is 0. The summed E-state index contributed by atoms with van der Waals surface area (Å²) in [6.45, 7) is 0. The molecule has 0 aliphatic heterocycles. The van der Waals surface area contributed by atoms with Crippen LogP contribution in [-0.4, -0.2) is 4.57 Å². The quantitative estimate of drug-likeness (QED) is 0.152. The Balaban J connectivity index is 1.04. The predicted molar refractivity (Wildman–Crippen MR) is 237 cm³/mol. The van der Waals surface area contributed by atoms with E-state index in [1.807, 2.05) is 0 Å². The van der Waals surface area contributed by atoms with Crippen LogP contribution in [0.2, 0.25) is 0 Å². The minimum absolute atomic E-state index is 1.09. The highest BCUT2D eigenvalue weighted by Gasteiger charge is 2.20. The molecule has 0 fully saturated rings. The summed E-state index contributed by atoms with van der Waals surface area (Å²) in [4.78, 5) is 2.38. The zero-order valence-electron chi connectivity index (χ0n) is 30.8. The molecule has 0 aliphatic rings. The lowest BCUT2D eigenvalue weighted by Gasteiger charge is -2.28. The summed E-state index contributed by atoms with van der Waals surface area (Å²) in [7, 11) is 0. The van der Waals surface area contributed by atoms with E-state index in [4.69, 9.17) is 0 Å². The second kappa shape index (κ2) is 14.4. The topological polar surface area (TPSA) is 8.17 Å². The first kappa shape index (κ1) is 33.2. The fraction of sp³-hybridized carbons (Fsp3) is 0. The molecule has 2 nitrogen and oxygen atoms in total. The van der Waals surface area contributed by atoms with Gasteiger partial charge in [0, 0.05) is 33.4 Å². The van der Waals surface area contributed by atoms with Crippen LogP contribution in [0.1, 0.15) is 0 Å². The van der Waals surface area contributed by atoms with Gasteiger partial charge in [0.15, 0.2) is 0 Å². The van der Waals surface area contributed by atoms with Crippen LogP contribution in [0.25, 0.3) is 72.0 Å². The highest BCUT2D eigenvalue weighted by atomic mass is 15.1. The van der Waals surface area contributed by atoms with Crippen LogP contribution in [0.5, 0.6) is 0 Å². The Morgan fingerprint density at radius 3 is 1.29 bits per heavy atom. The number of para-hydroxylation sites is 4. The van der Waals surface area contributed by atoms with Crippen molar-refractivity contribution in [1.82, 2.24) is 4.57 Å². The van der Waals surface area contributed by atoms with Gasteiger partial charge in [-0.2, -0.15) is 0 Å². The average molecular weight is 715 g/mol. The van der Waals surface area contributed by atoms with Crippen LogP contribution in [0.4, 0.5) is 17.1 Å². The maximum absolute atomic E-state index is 2.38. The number of nitrogens with zero attached hydrogens (tertiary/aromatic N) is 2. The molecule has 1 heterocycles. The SMILES string of the molecule is c1ccc(-c2ccccc2-c2ccccc2-c2ccccc2N(c2ccccc2)c2ccc(-c3ccc(-n4c5ccccc5c5ccccc54)cc3)cc2)cc1. The van der Waals surface area contributed by atoms with Gasteiger partial charge in [0.25, 0.3) is 0 Å². The molecule has 0 saturated carbocycles. The van der Waals surface area contributed by atoms with Gasteiger partial charge in [-0.3, -0.25) is 0 Å². The Morgan fingerprint density at radius 2 is 0.679 bits per heavy atom. The maximum Gasteiger partial charge on any atom is 0.0541 e. The van der Waals surface area contributed by atoms with E-state index >= 15 is 0 Å². The van der Waals surface area contributed by atoms with Crippen LogP contribution in [0.15, 0.2) is 231 Å². The molecule has 0 unspecified atom stereocenters. The third-order valence-electron chi connectivity index (χ3n) is 10.8. The number of anilines is 3. The van der Waals surface area contributed by atoms with Crippen LogP contribution in [0, 0.1) is 0 Å². The predicted octanol–water partition coefficient (Wildman–Crippen LogP) is 14.9. The largest absolute Gasteiger partial charge is 0.310 e. The smallest absolute Gasteiger partial charge is 0.0541 e. The molecule has 0 atom stereocenters. The third-order valence-corrected chi connectivity index (χ3v) is 10.8. The summed E-state index contributed by atoms with van der Waals surface area (Å²) in [5.41, 5.74) is 16.4. The van der Waals surface area contributed by atoms with Crippen molar-refractivity contribution in [2.24, 2.45) is 0 Å². The number of hydrogen-bond acceptors (Lipinski definition) is 1. The maximum atomic E-state index is 2.38. The summed E-state index contributed by atoms with van der Waals surface area (Å²) in [5.74, 6) is 0. The Morgan fingerprint density at radius 1 is 0.268 bits per heavy atom. The van der Waals surface area contributed by atoms with Crippen LogP contribution in [0.3, 0.4) is 0 Å². The molecule has 9 aromatic carbocycles. The van der Waals surface area contributed by atoms with E-state index in [0.29, 0.717) is 0 Å². The van der Waals surface area contributed by atoms with Gasteiger partial charge in [0.1, 0.15) is 0 Å². The summed E-state index contributed by atoms with van der Waals surface area (Å²) in [5, 5.41) is 2.54. The van der Waals surface area contributed by atoms with Crippen molar-refractivity contribution in [2.75, 3.05) is 4.90 Å². The summed E-state index contributed by atoms with van der Waals surface area (Å²) < 4.78 is 2.37. The van der Waals surface area contributed by atoms with E-state index in [-0.39, 0.29) is 0 Å². The zero-order chi connectivity index (χ0) is 37.3. The average Bonchev–Trinajstić information content (AvgIpc) is 3.62. The number of hydrogen-bond donors (Lipinski definition) is 0. The molecule has 1 aromatic heterocycles. The van der Waals surface area contributed by atoms with Crippen molar-refractivity contribution in [1.29, 1.82) is 0 Å². The molecular weight excluding hydrogens is 677 g/mol. The zero-order valence-corrected chi connectivity index (χ0v) is 30.8. The molecule has 2 heteroatoms. The molecule has 56 heavy (non-hydrogen) atoms. The normalized spacial score (nSPS) is 11.2. The lowest BCUT2D eigenvalue weighted by Crippen LogP contribution is -2.11. The molecule has 10 aromatic rings. The van der Waals surface area contributed by atoms with Gasteiger partial charge in [0.2, 0.25) is 0 Å². The Labute approximate surface area is 327 Å². The van der Waals surface area contributed by atoms with Crippen molar-refractivity contribution < 1.29 is 0 Å². The highest BCUT2D eigenvalue weighted by Crippen LogP contribution is 2.45. The first-order valence-corrected chi connectivity index (χ1v) is 19.2. The van der Waals surface area contributed by atoms with Crippen molar-refractivity contribution >= 4 is 38.9 Å². The molecule has 0 saturated heterocycles. The highest BCUT2D eigenvalue weighted by molar-refractivity contribution is 6.09. The van der Waals surface area contributed by atoms with Crippen molar-refractivity contribution in [3.8, 4) is 50.2 Å². The molecule has 0 amide bonds. The Kier molecular flexibility index (Phi) is 8.55. The number of aromatic nitrogens is 1. The lowest BCUT2D eigenvalue weighted by molar-refractivity contribution is 1.18. The summed E-state index contributed by atoms with van der Waals surface area (Å²) >= 11 is 0. The van der Waals surface area contributed by atoms with Gasteiger partial charge in [-0.25, -0.2) is 0 Å². The van der Waals surface area contributed by atoms with Crippen LogP contribution < -0.4 is 4.90 Å². The fourth-order valence-electron chi connectivity index (χ4n) is 8.25. The molecule has 0 aliphatic carbocycles. The second-order valence-corrected chi connectivity index (χ2v) is 14.1. The number of rotatable bonds is 8. The van der Waals surface area contributed by atoms with Gasteiger partial charge in [-0.1, -0.05) is 176 Å². The number of benzene rings is 9. The molecule has 0 bridgehead atoms.